The molecule has 0 radical (unpaired) electrons. The first-order chi connectivity index (χ1) is 14.1. The first-order valence-corrected chi connectivity index (χ1v) is 9.03. The van der Waals surface area contributed by atoms with E-state index in [0.29, 0.717) is 5.69 Å². The van der Waals surface area contributed by atoms with E-state index >= 15 is 0 Å². The molecule has 1 aromatic carbocycles. The van der Waals surface area contributed by atoms with Crippen LogP contribution in [-0.2, 0) is 9.53 Å². The summed E-state index contributed by atoms with van der Waals surface area (Å²) in [6, 6.07) is 3.17. The molecule has 1 aliphatic heterocycles. The molecule has 0 bridgehead atoms. The molecule has 0 aliphatic carbocycles. The molecule has 1 aromatic rings. The predicted molar refractivity (Wildman–Crippen MR) is 109 cm³/mol. The maximum Gasteiger partial charge on any atom is 0.370 e. The van der Waals surface area contributed by atoms with E-state index in [0.717, 1.165) is 6.08 Å². The fourth-order valence-electron chi connectivity index (χ4n) is 2.75. The maximum absolute atomic E-state index is 13.1. The Morgan fingerprint density at radius 2 is 1.93 bits per heavy atom. The number of carbonyl (C=O) groups is 1. The van der Waals surface area contributed by atoms with Gasteiger partial charge < -0.3 is 47.3 Å². The molecule has 11 nitrogen and oxygen atoms in total. The number of rotatable bonds is 7. The number of hydrogen-bond acceptors (Lipinski definition) is 7. The van der Waals surface area contributed by atoms with Gasteiger partial charge in [-0.15, -0.1) is 0 Å². The molecule has 0 saturated heterocycles. The third-order valence-corrected chi connectivity index (χ3v) is 4.35. The van der Waals surface area contributed by atoms with E-state index in [4.69, 9.17) is 33.5 Å². The van der Waals surface area contributed by atoms with Crippen molar-refractivity contribution in [2.24, 2.45) is 16.5 Å². The van der Waals surface area contributed by atoms with E-state index in [1.807, 2.05) is 0 Å². The summed E-state index contributed by atoms with van der Waals surface area (Å²) in [7, 11) is 0. The number of nitrogens with two attached hydrogens (primary N) is 2. The first-order valence-electron chi connectivity index (χ1n) is 8.63. The zero-order valence-electron chi connectivity index (χ0n) is 15.5. The van der Waals surface area contributed by atoms with Gasteiger partial charge in [0.05, 0.1) is 18.7 Å². The summed E-state index contributed by atoms with van der Waals surface area (Å²) in [6.07, 6.45) is -3.68. The number of ether oxygens (including phenoxy) is 1. The van der Waals surface area contributed by atoms with Crippen LogP contribution in [0.5, 0.6) is 0 Å². The van der Waals surface area contributed by atoms with Crippen LogP contribution in [0.2, 0.25) is 0 Å². The number of aliphatic imine (C=N–C) groups is 1. The maximum atomic E-state index is 13.1. The van der Waals surface area contributed by atoms with E-state index in [9.17, 15) is 24.5 Å². The van der Waals surface area contributed by atoms with Gasteiger partial charge in [0.1, 0.15) is 24.1 Å². The second-order valence-electron chi connectivity index (χ2n) is 6.33. The summed E-state index contributed by atoms with van der Waals surface area (Å²) in [6.45, 7) is -0.814. The number of aliphatic hydroxyl groups excluding tert-OH is 3. The highest BCUT2D eigenvalue weighted by Gasteiger charge is 2.43. The van der Waals surface area contributed by atoms with Crippen LogP contribution in [0.4, 0.5) is 10.1 Å². The van der Waals surface area contributed by atoms with Crippen LogP contribution in [-0.4, -0.2) is 74.5 Å². The van der Waals surface area contributed by atoms with Crippen molar-refractivity contribution in [2.75, 3.05) is 11.9 Å². The minimum absolute atomic E-state index is 0.00568. The molecule has 1 heterocycles. The Kier molecular flexibility index (Phi) is 7.88. The third-order valence-electron chi connectivity index (χ3n) is 4.13. The van der Waals surface area contributed by atoms with Crippen molar-refractivity contribution < 1.29 is 34.3 Å². The van der Waals surface area contributed by atoms with Crippen molar-refractivity contribution in [2.45, 2.75) is 30.4 Å². The van der Waals surface area contributed by atoms with Crippen LogP contribution in [0.25, 0.3) is 0 Å². The average Bonchev–Trinajstić information content (AvgIpc) is 2.69. The van der Waals surface area contributed by atoms with Crippen molar-refractivity contribution >= 4 is 34.9 Å². The van der Waals surface area contributed by atoms with Crippen LogP contribution in [0, 0.1) is 5.82 Å². The quantitative estimate of drug-likeness (QED) is 0.135. The molecule has 164 valence electrons. The second-order valence-corrected chi connectivity index (χ2v) is 6.74. The van der Waals surface area contributed by atoms with Gasteiger partial charge in [-0.25, -0.2) is 14.2 Å². The van der Waals surface area contributed by atoms with Crippen molar-refractivity contribution in [1.29, 1.82) is 0 Å². The lowest BCUT2D eigenvalue weighted by atomic mass is 9.92. The van der Waals surface area contributed by atoms with Gasteiger partial charge in [-0.1, -0.05) is 0 Å². The largest absolute Gasteiger partial charge is 0.478 e. The Morgan fingerprint density at radius 3 is 2.47 bits per heavy atom. The number of nitrogens with zero attached hydrogens (tertiary/aromatic N) is 1. The Morgan fingerprint density at radius 1 is 1.30 bits per heavy atom. The van der Waals surface area contributed by atoms with Crippen LogP contribution in [0.1, 0.15) is 0 Å². The van der Waals surface area contributed by atoms with E-state index in [2.05, 4.69) is 15.6 Å². The SMILES string of the molecule is NC(N)=N[C@H]1C=C(C(=O)O)O[C@@H]([C@H](O)[C@H](O)CO)[C@@H]1NC(=S)Nc1ccc(F)cc1. The van der Waals surface area contributed by atoms with Gasteiger partial charge in [0, 0.05) is 5.69 Å². The van der Waals surface area contributed by atoms with Gasteiger partial charge in [0.2, 0.25) is 5.76 Å². The Bertz CT molecular complexity index is 832. The predicted octanol–water partition coefficient (Wildman–Crippen LogP) is -1.80. The molecule has 13 heteroatoms. The van der Waals surface area contributed by atoms with Crippen molar-refractivity contribution in [3.63, 3.8) is 0 Å². The lowest BCUT2D eigenvalue weighted by Gasteiger charge is -2.39. The van der Waals surface area contributed by atoms with Gasteiger partial charge in [0.15, 0.2) is 11.1 Å². The zero-order chi connectivity index (χ0) is 22.4. The second kappa shape index (κ2) is 10.2. The smallest absolute Gasteiger partial charge is 0.370 e. The minimum atomic E-state index is -1.72. The van der Waals surface area contributed by atoms with E-state index < -0.39 is 54.5 Å². The van der Waals surface area contributed by atoms with Crippen LogP contribution in [0.3, 0.4) is 0 Å². The number of guanidine groups is 1. The van der Waals surface area contributed by atoms with Gasteiger partial charge in [-0.3, -0.25) is 0 Å². The average molecular weight is 443 g/mol. The number of benzene rings is 1. The molecule has 0 saturated carbocycles. The monoisotopic (exact) mass is 443 g/mol. The fourth-order valence-corrected chi connectivity index (χ4v) is 3.01. The fraction of sp³-hybridized carbons (Fsp3) is 0.353. The van der Waals surface area contributed by atoms with Gasteiger partial charge >= 0.3 is 5.97 Å². The standard InChI is InChI=1S/C17H22FN5O6S/c18-7-1-3-8(4-2-7)21-17(30)23-12-9(22-16(19)20)5-11(15(27)28)29-14(12)13(26)10(25)6-24/h1-5,9-10,12-14,24-26H,6H2,(H,27,28)(H4,19,20,22)(H2,21,23,30)/t9-,10+,12+,13+,14+/m0/s1. The van der Waals surface area contributed by atoms with Crippen molar-refractivity contribution in [3.8, 4) is 0 Å². The lowest BCUT2D eigenvalue weighted by molar-refractivity contribution is -0.144. The number of carboxylic acid groups (broad SMARTS) is 1. The third kappa shape index (κ3) is 6.00. The molecule has 0 aromatic heterocycles. The summed E-state index contributed by atoms with van der Waals surface area (Å²) < 4.78 is 18.4. The van der Waals surface area contributed by atoms with Gasteiger partial charge in [-0.05, 0) is 42.6 Å². The molecule has 30 heavy (non-hydrogen) atoms. The first kappa shape index (κ1) is 23.3. The molecular weight excluding hydrogens is 421 g/mol. The summed E-state index contributed by atoms with van der Waals surface area (Å²) in [5.41, 5.74) is 11.3. The molecule has 5 atom stereocenters. The molecule has 10 N–H and O–H groups in total. The van der Waals surface area contributed by atoms with Crippen LogP contribution in [0.15, 0.2) is 41.1 Å². The molecule has 0 fully saturated rings. The number of nitrogens with one attached hydrogen (secondary N) is 2. The topological polar surface area (TPSA) is 196 Å². The molecule has 2 rings (SSSR count). The number of hydrogen-bond donors (Lipinski definition) is 8. The number of aliphatic carboxylic acids is 1. The van der Waals surface area contributed by atoms with Gasteiger partial charge in [-0.2, -0.15) is 0 Å². The summed E-state index contributed by atoms with van der Waals surface area (Å²) >= 11 is 5.22. The Balaban J connectivity index is 2.34. The van der Waals surface area contributed by atoms with Crippen LogP contribution >= 0.6 is 12.2 Å². The van der Waals surface area contributed by atoms with E-state index in [1.54, 1.807) is 0 Å². The normalized spacial score (nSPS) is 22.7. The highest BCUT2D eigenvalue weighted by atomic mass is 32.1. The highest BCUT2D eigenvalue weighted by molar-refractivity contribution is 7.80. The molecule has 0 amide bonds. The number of carboxylic acids is 1. The zero-order valence-corrected chi connectivity index (χ0v) is 16.3. The molecule has 1 aliphatic rings. The number of aliphatic hydroxyl groups is 3. The molecule has 0 spiro atoms. The number of halogens is 1. The van der Waals surface area contributed by atoms with Crippen molar-refractivity contribution in [3.05, 3.63) is 41.9 Å². The number of anilines is 1. The minimum Gasteiger partial charge on any atom is -0.478 e. The molecular formula is C17H22FN5O6S. The lowest BCUT2D eigenvalue weighted by Crippen LogP contribution is -2.60. The molecule has 0 unspecified atom stereocenters. The highest BCUT2D eigenvalue weighted by Crippen LogP contribution is 2.25. The summed E-state index contributed by atoms with van der Waals surface area (Å²) in [4.78, 5) is 15.3. The Hall–Kier alpha value is -3.00. The van der Waals surface area contributed by atoms with E-state index in [-0.39, 0.29) is 11.1 Å². The number of thiocarbonyl (C=S) groups is 1. The Labute approximate surface area is 175 Å². The van der Waals surface area contributed by atoms with Crippen molar-refractivity contribution in [1.82, 2.24) is 5.32 Å². The van der Waals surface area contributed by atoms with E-state index in [1.165, 1.54) is 24.3 Å². The van der Waals surface area contributed by atoms with Crippen LogP contribution < -0.4 is 22.1 Å². The summed E-state index contributed by atoms with van der Waals surface area (Å²) in [5.74, 6) is -2.83. The summed E-state index contributed by atoms with van der Waals surface area (Å²) in [5, 5.41) is 44.2. The van der Waals surface area contributed by atoms with Gasteiger partial charge in [0.25, 0.3) is 0 Å².